The minimum absolute atomic E-state index is 0.219. The molecule has 25 heavy (non-hydrogen) atoms. The largest absolute Gasteiger partial charge is 0.454 e. The van der Waals surface area contributed by atoms with Crippen LogP contribution in [0.4, 0.5) is 0 Å². The Morgan fingerprint density at radius 2 is 2.00 bits per heavy atom. The van der Waals surface area contributed by atoms with Crippen LogP contribution < -0.4 is 20.1 Å². The molecule has 7 heteroatoms. The van der Waals surface area contributed by atoms with E-state index < -0.39 is 0 Å². The molecule has 0 atom stereocenters. The number of nitrogens with one attached hydrogen (secondary N) is 2. The maximum absolute atomic E-state index is 12.1. The molecule has 0 radical (unpaired) electrons. The van der Waals surface area contributed by atoms with Gasteiger partial charge < -0.3 is 25.0 Å². The van der Waals surface area contributed by atoms with E-state index in [-0.39, 0.29) is 12.7 Å². The predicted octanol–water partition coefficient (Wildman–Crippen LogP) is 1.48. The van der Waals surface area contributed by atoms with Crippen LogP contribution in [0, 0.1) is 0 Å². The molecule has 1 aromatic carbocycles. The van der Waals surface area contributed by atoms with E-state index in [1.165, 1.54) is 0 Å². The number of aliphatic imine (C=N–C) groups is 1. The molecule has 1 fully saturated rings. The maximum Gasteiger partial charge on any atom is 0.231 e. The van der Waals surface area contributed by atoms with Gasteiger partial charge in [-0.05, 0) is 37.5 Å². The molecule has 1 saturated heterocycles. The lowest BCUT2D eigenvalue weighted by atomic mass is 10.2. The van der Waals surface area contributed by atoms with Gasteiger partial charge in [-0.3, -0.25) is 4.79 Å². The van der Waals surface area contributed by atoms with Crippen LogP contribution in [0.15, 0.2) is 23.2 Å². The summed E-state index contributed by atoms with van der Waals surface area (Å²) in [5.41, 5.74) is 1.05. The zero-order valence-corrected chi connectivity index (χ0v) is 14.7. The number of nitrogens with zero attached hydrogens (tertiary/aromatic N) is 2. The summed E-state index contributed by atoms with van der Waals surface area (Å²) in [7, 11) is 0. The Morgan fingerprint density at radius 1 is 1.20 bits per heavy atom. The number of carbonyl (C=O) groups is 1. The quantitative estimate of drug-likeness (QED) is 0.603. The van der Waals surface area contributed by atoms with Gasteiger partial charge in [0.05, 0.1) is 6.54 Å². The van der Waals surface area contributed by atoms with E-state index in [0.29, 0.717) is 19.5 Å². The van der Waals surface area contributed by atoms with Crippen molar-refractivity contribution in [1.82, 2.24) is 15.5 Å². The van der Waals surface area contributed by atoms with Crippen molar-refractivity contribution in [1.29, 1.82) is 0 Å². The highest BCUT2D eigenvalue weighted by molar-refractivity contribution is 5.81. The Hall–Kier alpha value is -2.44. The number of hydrogen-bond acceptors (Lipinski definition) is 4. The maximum atomic E-state index is 12.1. The van der Waals surface area contributed by atoms with Crippen molar-refractivity contribution in [3.05, 3.63) is 23.8 Å². The topological polar surface area (TPSA) is 75.2 Å². The summed E-state index contributed by atoms with van der Waals surface area (Å²) in [6.07, 6.45) is 2.74. The van der Waals surface area contributed by atoms with Crippen LogP contribution in [-0.2, 0) is 11.3 Å². The molecular formula is C18H26N4O3. The van der Waals surface area contributed by atoms with Crippen molar-refractivity contribution in [3.8, 4) is 11.5 Å². The zero-order valence-electron chi connectivity index (χ0n) is 14.7. The summed E-state index contributed by atoms with van der Waals surface area (Å²) in [5.74, 6) is 2.48. The fourth-order valence-electron chi connectivity index (χ4n) is 2.96. The summed E-state index contributed by atoms with van der Waals surface area (Å²) in [4.78, 5) is 18.6. The van der Waals surface area contributed by atoms with Crippen molar-refractivity contribution in [2.24, 2.45) is 4.99 Å². The Labute approximate surface area is 148 Å². The molecule has 7 nitrogen and oxygen atoms in total. The fraction of sp³-hybridized carbons (Fsp3) is 0.556. The second kappa shape index (κ2) is 8.60. The molecule has 1 amide bonds. The summed E-state index contributed by atoms with van der Waals surface area (Å²) in [6, 6.07) is 5.84. The van der Waals surface area contributed by atoms with Gasteiger partial charge in [-0.15, -0.1) is 0 Å². The van der Waals surface area contributed by atoms with Gasteiger partial charge in [-0.1, -0.05) is 6.07 Å². The summed E-state index contributed by atoms with van der Waals surface area (Å²) < 4.78 is 10.7. The second-order valence-electron chi connectivity index (χ2n) is 6.15. The lowest BCUT2D eigenvalue weighted by Crippen LogP contribution is -2.39. The first-order valence-electron chi connectivity index (χ1n) is 8.94. The van der Waals surface area contributed by atoms with E-state index in [1.807, 2.05) is 30.0 Å². The Morgan fingerprint density at radius 3 is 2.80 bits per heavy atom. The molecule has 2 heterocycles. The number of likely N-dealkylation sites (tertiary alicyclic amines) is 1. The molecule has 0 unspecified atom stereocenters. The Balaban J connectivity index is 1.49. The van der Waals surface area contributed by atoms with Crippen LogP contribution in [0.5, 0.6) is 11.5 Å². The number of benzene rings is 1. The van der Waals surface area contributed by atoms with Crippen LogP contribution in [0.3, 0.4) is 0 Å². The highest BCUT2D eigenvalue weighted by atomic mass is 16.7. The summed E-state index contributed by atoms with van der Waals surface area (Å²) in [6.45, 7) is 5.99. The van der Waals surface area contributed by atoms with Crippen molar-refractivity contribution >= 4 is 11.9 Å². The summed E-state index contributed by atoms with van der Waals surface area (Å²) in [5, 5.41) is 6.44. The lowest BCUT2D eigenvalue weighted by Gasteiger charge is -2.16. The van der Waals surface area contributed by atoms with Gasteiger partial charge in [-0.2, -0.15) is 0 Å². The molecular weight excluding hydrogens is 320 g/mol. The lowest BCUT2D eigenvalue weighted by molar-refractivity contribution is -0.129. The number of rotatable bonds is 6. The average Bonchev–Trinajstić information content (AvgIpc) is 3.30. The first-order chi connectivity index (χ1) is 12.3. The van der Waals surface area contributed by atoms with Crippen molar-refractivity contribution < 1.29 is 14.3 Å². The SMILES string of the molecule is CCNC(=NCc1ccc2c(c1)OCO2)NCCC(=O)N1CCCC1. The molecule has 3 rings (SSSR count). The molecule has 0 bridgehead atoms. The minimum Gasteiger partial charge on any atom is -0.454 e. The molecule has 2 aliphatic rings. The molecule has 136 valence electrons. The molecule has 2 N–H and O–H groups in total. The third kappa shape index (κ3) is 4.78. The van der Waals surface area contributed by atoms with Gasteiger partial charge in [0, 0.05) is 32.6 Å². The van der Waals surface area contributed by atoms with E-state index >= 15 is 0 Å². The Bertz CT molecular complexity index is 627. The molecule has 1 aromatic rings. The van der Waals surface area contributed by atoms with Crippen molar-refractivity contribution in [2.75, 3.05) is 33.0 Å². The number of fused-ring (bicyclic) bond motifs is 1. The third-order valence-electron chi connectivity index (χ3n) is 4.29. The molecule has 0 aromatic heterocycles. The van der Waals surface area contributed by atoms with Crippen LogP contribution in [0.1, 0.15) is 31.7 Å². The standard InChI is InChI=1S/C18H26N4O3/c1-2-19-18(20-8-7-17(23)22-9-3-4-10-22)21-12-14-5-6-15-16(11-14)25-13-24-15/h5-6,11H,2-4,7-10,12-13H2,1H3,(H2,19,20,21). The fourth-order valence-corrected chi connectivity index (χ4v) is 2.96. The number of carbonyl (C=O) groups excluding carboxylic acids is 1. The number of ether oxygens (including phenoxy) is 2. The number of amides is 1. The van der Waals surface area contributed by atoms with Crippen LogP contribution >= 0.6 is 0 Å². The van der Waals surface area contributed by atoms with Gasteiger partial charge in [0.25, 0.3) is 0 Å². The molecule has 2 aliphatic heterocycles. The molecule has 0 spiro atoms. The average molecular weight is 346 g/mol. The van der Waals surface area contributed by atoms with E-state index in [9.17, 15) is 4.79 Å². The first-order valence-corrected chi connectivity index (χ1v) is 8.94. The van der Waals surface area contributed by atoms with E-state index in [2.05, 4.69) is 15.6 Å². The van der Waals surface area contributed by atoms with Gasteiger partial charge >= 0.3 is 0 Å². The molecule has 0 saturated carbocycles. The van der Waals surface area contributed by atoms with Crippen LogP contribution in [0.2, 0.25) is 0 Å². The van der Waals surface area contributed by atoms with Crippen LogP contribution in [-0.4, -0.2) is 49.7 Å². The predicted molar refractivity (Wildman–Crippen MR) is 95.8 cm³/mol. The van der Waals surface area contributed by atoms with Gasteiger partial charge in [0.2, 0.25) is 12.7 Å². The number of guanidine groups is 1. The summed E-state index contributed by atoms with van der Waals surface area (Å²) >= 11 is 0. The normalized spacial score (nSPS) is 16.2. The number of hydrogen-bond donors (Lipinski definition) is 2. The van der Waals surface area contributed by atoms with E-state index in [4.69, 9.17) is 9.47 Å². The van der Waals surface area contributed by atoms with E-state index in [0.717, 1.165) is 55.5 Å². The van der Waals surface area contributed by atoms with Crippen LogP contribution in [0.25, 0.3) is 0 Å². The van der Waals surface area contributed by atoms with Gasteiger partial charge in [-0.25, -0.2) is 4.99 Å². The zero-order chi connectivity index (χ0) is 17.5. The van der Waals surface area contributed by atoms with Crippen molar-refractivity contribution in [2.45, 2.75) is 32.7 Å². The third-order valence-corrected chi connectivity index (χ3v) is 4.29. The molecule has 0 aliphatic carbocycles. The minimum atomic E-state index is 0.219. The van der Waals surface area contributed by atoms with E-state index in [1.54, 1.807) is 0 Å². The second-order valence-corrected chi connectivity index (χ2v) is 6.15. The highest BCUT2D eigenvalue weighted by Crippen LogP contribution is 2.32. The Kier molecular flexibility index (Phi) is 5.98. The van der Waals surface area contributed by atoms with Gasteiger partial charge in [0.15, 0.2) is 17.5 Å². The van der Waals surface area contributed by atoms with Gasteiger partial charge in [0.1, 0.15) is 0 Å². The monoisotopic (exact) mass is 346 g/mol. The smallest absolute Gasteiger partial charge is 0.231 e. The first kappa shape index (κ1) is 17.4. The highest BCUT2D eigenvalue weighted by Gasteiger charge is 2.17. The van der Waals surface area contributed by atoms with Crippen molar-refractivity contribution in [3.63, 3.8) is 0 Å².